The molecule has 0 bridgehead atoms. The Bertz CT molecular complexity index is 1240. The molecule has 0 aliphatic heterocycles. The maximum atomic E-state index is 13.0. The fourth-order valence-corrected chi connectivity index (χ4v) is 3.10. The zero-order chi connectivity index (χ0) is 22.3. The number of thiocarbonyl (C=S) groups is 1. The zero-order valence-electron chi connectivity index (χ0n) is 16.7. The van der Waals surface area contributed by atoms with Crippen LogP contribution in [0.25, 0.3) is 16.9 Å². The second kappa shape index (κ2) is 9.63. The number of carbonyl (C=O) groups excluding carboxylic acids is 2. The van der Waals surface area contributed by atoms with E-state index in [2.05, 4.69) is 26.3 Å². The van der Waals surface area contributed by atoms with E-state index in [0.29, 0.717) is 16.8 Å². The number of para-hydroxylation sites is 1. The van der Waals surface area contributed by atoms with Gasteiger partial charge in [-0.15, -0.1) is 0 Å². The lowest BCUT2D eigenvalue weighted by atomic mass is 10.1. The molecule has 0 fully saturated rings. The first kappa shape index (κ1) is 20.9. The van der Waals surface area contributed by atoms with Gasteiger partial charge in [0.15, 0.2) is 5.11 Å². The van der Waals surface area contributed by atoms with Crippen molar-refractivity contribution in [1.29, 1.82) is 0 Å². The highest BCUT2D eigenvalue weighted by atomic mass is 32.1. The first-order chi connectivity index (χ1) is 15.6. The van der Waals surface area contributed by atoms with E-state index < -0.39 is 11.8 Å². The van der Waals surface area contributed by atoms with Crippen LogP contribution in [-0.2, 0) is 0 Å². The van der Waals surface area contributed by atoms with Gasteiger partial charge in [0, 0.05) is 29.7 Å². The highest BCUT2D eigenvalue weighted by molar-refractivity contribution is 7.80. The lowest BCUT2D eigenvalue weighted by Gasteiger charge is -2.10. The van der Waals surface area contributed by atoms with Gasteiger partial charge in [0.25, 0.3) is 11.8 Å². The molecule has 0 radical (unpaired) electrons. The van der Waals surface area contributed by atoms with E-state index in [0.717, 1.165) is 11.3 Å². The number of hydrazine groups is 1. The molecule has 2 amide bonds. The van der Waals surface area contributed by atoms with Crippen molar-refractivity contribution in [2.45, 2.75) is 0 Å². The van der Waals surface area contributed by atoms with Crippen LogP contribution in [0.3, 0.4) is 0 Å². The molecule has 2 aromatic carbocycles. The second-order valence-corrected chi connectivity index (χ2v) is 7.04. The van der Waals surface area contributed by atoms with Crippen molar-refractivity contribution < 1.29 is 9.59 Å². The molecule has 2 heterocycles. The van der Waals surface area contributed by atoms with Crippen LogP contribution in [0.5, 0.6) is 0 Å². The van der Waals surface area contributed by atoms with Gasteiger partial charge in [-0.05, 0) is 36.5 Å². The summed E-state index contributed by atoms with van der Waals surface area (Å²) < 4.78 is 1.64. The van der Waals surface area contributed by atoms with Crippen LogP contribution >= 0.6 is 12.2 Å². The van der Waals surface area contributed by atoms with Crippen molar-refractivity contribution >= 4 is 29.1 Å². The minimum atomic E-state index is -0.457. The second-order valence-electron chi connectivity index (χ2n) is 6.64. The van der Waals surface area contributed by atoms with Crippen molar-refractivity contribution in [2.75, 3.05) is 0 Å². The van der Waals surface area contributed by atoms with Crippen LogP contribution in [0, 0.1) is 0 Å². The Morgan fingerprint density at radius 3 is 2.16 bits per heavy atom. The maximum absolute atomic E-state index is 13.0. The number of pyridine rings is 1. The van der Waals surface area contributed by atoms with Gasteiger partial charge in [-0.2, -0.15) is 5.10 Å². The summed E-state index contributed by atoms with van der Waals surface area (Å²) in [6, 6.07) is 22.0. The lowest BCUT2D eigenvalue weighted by molar-refractivity contribution is 0.0934. The molecule has 4 aromatic rings. The third kappa shape index (κ3) is 4.85. The summed E-state index contributed by atoms with van der Waals surface area (Å²) in [7, 11) is 0. The van der Waals surface area contributed by atoms with E-state index in [1.54, 1.807) is 23.0 Å². The predicted octanol–water partition coefficient (Wildman–Crippen LogP) is 2.88. The van der Waals surface area contributed by atoms with Gasteiger partial charge in [-0.3, -0.25) is 30.7 Å². The number of amides is 2. The van der Waals surface area contributed by atoms with Crippen LogP contribution in [0.2, 0.25) is 0 Å². The van der Waals surface area contributed by atoms with Crippen molar-refractivity contribution in [3.05, 3.63) is 103 Å². The summed E-state index contributed by atoms with van der Waals surface area (Å²) in [6.45, 7) is 0. The molecule has 9 heteroatoms. The number of hydrogen-bond donors (Lipinski definition) is 3. The standard InChI is InChI=1S/C23H18N6O2S/c30-21(17-11-13-24-14-12-17)26-27-23(32)25-22(31)19-15-29(18-9-5-2-6-10-18)28-20(19)16-7-3-1-4-8-16/h1-15H,(H,26,30)(H2,25,27,31,32). The molecule has 3 N–H and O–H groups in total. The molecule has 0 unspecified atom stereocenters. The van der Waals surface area contributed by atoms with Gasteiger partial charge in [-0.25, -0.2) is 4.68 Å². The zero-order valence-corrected chi connectivity index (χ0v) is 17.5. The van der Waals surface area contributed by atoms with Crippen molar-refractivity contribution in [2.24, 2.45) is 0 Å². The normalized spacial score (nSPS) is 10.2. The highest BCUT2D eigenvalue weighted by Gasteiger charge is 2.19. The summed E-state index contributed by atoms with van der Waals surface area (Å²) in [6.07, 6.45) is 4.65. The SMILES string of the molecule is O=C(NNC(=S)NC(=O)c1cn(-c2ccccc2)nc1-c1ccccc1)c1ccncc1. The maximum Gasteiger partial charge on any atom is 0.269 e. The van der Waals surface area contributed by atoms with Crippen LogP contribution in [-0.4, -0.2) is 31.7 Å². The molecule has 32 heavy (non-hydrogen) atoms. The number of nitrogens with one attached hydrogen (secondary N) is 3. The van der Waals surface area contributed by atoms with E-state index in [1.807, 2.05) is 60.7 Å². The first-order valence-corrected chi connectivity index (χ1v) is 10.0. The van der Waals surface area contributed by atoms with Crippen LogP contribution in [0.15, 0.2) is 91.4 Å². The van der Waals surface area contributed by atoms with Gasteiger partial charge in [0.05, 0.1) is 11.3 Å². The average molecular weight is 443 g/mol. The van der Waals surface area contributed by atoms with Crippen molar-refractivity contribution in [3.63, 3.8) is 0 Å². The first-order valence-electron chi connectivity index (χ1n) is 9.64. The molecule has 158 valence electrons. The molecule has 8 nitrogen and oxygen atoms in total. The predicted molar refractivity (Wildman–Crippen MR) is 124 cm³/mol. The number of rotatable bonds is 4. The third-order valence-corrected chi connectivity index (χ3v) is 4.69. The van der Waals surface area contributed by atoms with E-state index >= 15 is 0 Å². The molecule has 0 saturated carbocycles. The minimum absolute atomic E-state index is 0.0520. The Labute approximate surface area is 189 Å². The lowest BCUT2D eigenvalue weighted by Crippen LogP contribution is -2.48. The Morgan fingerprint density at radius 1 is 0.812 bits per heavy atom. The van der Waals surface area contributed by atoms with E-state index in [9.17, 15) is 9.59 Å². The fourth-order valence-electron chi connectivity index (χ4n) is 2.95. The molecule has 4 rings (SSSR count). The van der Waals surface area contributed by atoms with Crippen LogP contribution in [0.4, 0.5) is 0 Å². The summed E-state index contributed by atoms with van der Waals surface area (Å²) in [4.78, 5) is 29.0. The summed E-state index contributed by atoms with van der Waals surface area (Å²) in [5.41, 5.74) is 7.82. The van der Waals surface area contributed by atoms with Crippen LogP contribution in [0.1, 0.15) is 20.7 Å². The van der Waals surface area contributed by atoms with Crippen LogP contribution < -0.4 is 16.2 Å². The molecular formula is C23H18N6O2S. The van der Waals surface area contributed by atoms with E-state index in [1.165, 1.54) is 12.4 Å². The van der Waals surface area contributed by atoms with E-state index in [4.69, 9.17) is 12.2 Å². The number of carbonyl (C=O) groups is 2. The van der Waals surface area contributed by atoms with Crippen molar-refractivity contribution in [1.82, 2.24) is 30.9 Å². The van der Waals surface area contributed by atoms with Gasteiger partial charge in [0.2, 0.25) is 0 Å². The summed E-state index contributed by atoms with van der Waals surface area (Å²) >= 11 is 5.16. The minimum Gasteiger partial charge on any atom is -0.298 e. The summed E-state index contributed by atoms with van der Waals surface area (Å²) in [5.74, 6) is -0.868. The molecule has 0 aliphatic rings. The molecule has 0 spiro atoms. The van der Waals surface area contributed by atoms with Gasteiger partial charge < -0.3 is 0 Å². The smallest absolute Gasteiger partial charge is 0.269 e. The largest absolute Gasteiger partial charge is 0.298 e. The monoisotopic (exact) mass is 442 g/mol. The quantitative estimate of drug-likeness (QED) is 0.332. The Morgan fingerprint density at radius 2 is 1.47 bits per heavy atom. The Balaban J connectivity index is 1.51. The van der Waals surface area contributed by atoms with Gasteiger partial charge in [-0.1, -0.05) is 48.5 Å². The number of benzene rings is 2. The molecular weight excluding hydrogens is 424 g/mol. The number of nitrogens with zero attached hydrogens (tertiary/aromatic N) is 3. The Kier molecular flexibility index (Phi) is 6.28. The van der Waals surface area contributed by atoms with Gasteiger partial charge in [0.1, 0.15) is 5.69 Å². The molecule has 2 aromatic heterocycles. The van der Waals surface area contributed by atoms with E-state index in [-0.39, 0.29) is 5.11 Å². The fraction of sp³-hybridized carbons (Fsp3) is 0. The third-order valence-electron chi connectivity index (χ3n) is 4.49. The molecule has 0 atom stereocenters. The number of hydrogen-bond acceptors (Lipinski definition) is 5. The average Bonchev–Trinajstić information content (AvgIpc) is 3.30. The molecule has 0 aliphatic carbocycles. The molecule has 0 saturated heterocycles. The highest BCUT2D eigenvalue weighted by Crippen LogP contribution is 2.23. The Hall–Kier alpha value is -4.37. The number of aromatic nitrogens is 3. The van der Waals surface area contributed by atoms with Gasteiger partial charge >= 0.3 is 0 Å². The topological polar surface area (TPSA) is 101 Å². The van der Waals surface area contributed by atoms with Crippen molar-refractivity contribution in [3.8, 4) is 16.9 Å². The summed E-state index contributed by atoms with van der Waals surface area (Å²) in [5, 5.41) is 7.14.